The number of amides is 1. The number of primary amides is 1. The smallest absolute Gasteiger partial charge is 0.324 e. The van der Waals surface area contributed by atoms with Gasteiger partial charge in [0.15, 0.2) is 0 Å². The van der Waals surface area contributed by atoms with E-state index in [1.54, 1.807) is 6.20 Å². The number of nitrogens with two attached hydrogens (primary N) is 1. The van der Waals surface area contributed by atoms with Crippen LogP contribution in [-0.4, -0.2) is 15.6 Å². The van der Waals surface area contributed by atoms with Crippen molar-refractivity contribution in [3.05, 3.63) is 18.2 Å². The van der Waals surface area contributed by atoms with Gasteiger partial charge in [0.1, 0.15) is 6.33 Å². The highest BCUT2D eigenvalue weighted by Crippen LogP contribution is 1.97. The fourth-order valence-corrected chi connectivity index (χ4v) is 0.782. The quantitative estimate of drug-likeness (QED) is 0.611. The molecule has 0 radical (unpaired) electrons. The van der Waals surface area contributed by atoms with E-state index >= 15 is 0 Å². The number of rotatable bonds is 1. The molecule has 0 saturated heterocycles. The number of imidazole rings is 1. The lowest BCUT2D eigenvalue weighted by atomic mass is 10.4. The maximum absolute atomic E-state index is 10.6. The van der Waals surface area contributed by atoms with Crippen molar-refractivity contribution in [3.8, 4) is 0 Å². The van der Waals surface area contributed by atoms with Gasteiger partial charge in [-0.3, -0.25) is 4.57 Å². The van der Waals surface area contributed by atoms with Crippen LogP contribution in [0.2, 0.25) is 0 Å². The number of aryl methyl sites for hydroxylation is 1. The number of carbonyl (C=O) groups is 1. The van der Waals surface area contributed by atoms with Gasteiger partial charge in [-0.25, -0.2) is 9.78 Å². The molecule has 1 aromatic heterocycles. The summed E-state index contributed by atoms with van der Waals surface area (Å²) in [7, 11) is 0. The Labute approximate surface area is 58.7 Å². The topological polar surface area (TPSA) is 60.9 Å². The zero-order valence-corrected chi connectivity index (χ0v) is 5.74. The Hall–Kier alpha value is -1.32. The van der Waals surface area contributed by atoms with Crippen molar-refractivity contribution in [1.82, 2.24) is 9.55 Å². The van der Waals surface area contributed by atoms with E-state index in [0.29, 0.717) is 0 Å². The molecule has 2 N–H and O–H groups in total. The molecule has 1 aromatic rings. The summed E-state index contributed by atoms with van der Waals surface area (Å²) in [5.74, 6) is 0. The van der Waals surface area contributed by atoms with Crippen LogP contribution in [0.4, 0.5) is 4.79 Å². The second-order valence-corrected chi connectivity index (χ2v) is 1.95. The van der Waals surface area contributed by atoms with Gasteiger partial charge >= 0.3 is 6.03 Å². The molecule has 0 fully saturated rings. The van der Waals surface area contributed by atoms with Crippen LogP contribution in [0, 0.1) is 0 Å². The van der Waals surface area contributed by atoms with Gasteiger partial charge in [-0.15, -0.1) is 0 Å². The fraction of sp³-hybridized carbons (Fsp3) is 0.333. The Morgan fingerprint density at radius 3 is 3.00 bits per heavy atom. The minimum Gasteiger partial charge on any atom is -0.351 e. The minimum atomic E-state index is -0.477. The molecule has 0 saturated carbocycles. The normalized spacial score (nSPS) is 9.70. The zero-order valence-electron chi connectivity index (χ0n) is 5.74. The van der Waals surface area contributed by atoms with Crippen LogP contribution in [-0.2, 0) is 6.42 Å². The van der Waals surface area contributed by atoms with Crippen molar-refractivity contribution in [3.63, 3.8) is 0 Å². The standard InChI is InChI=1S/C6H9N3O/c1-2-5-3-8-4-9(5)6(7)10/h3-4H,2H2,1H3,(H2,7,10). The third-order valence-electron chi connectivity index (χ3n) is 1.31. The molecular weight excluding hydrogens is 130 g/mol. The van der Waals surface area contributed by atoms with Crippen LogP contribution in [0.1, 0.15) is 12.6 Å². The van der Waals surface area contributed by atoms with Crippen LogP contribution in [0.15, 0.2) is 12.5 Å². The molecule has 0 atom stereocenters. The molecule has 1 amide bonds. The largest absolute Gasteiger partial charge is 0.351 e. The first-order chi connectivity index (χ1) is 4.75. The van der Waals surface area contributed by atoms with Gasteiger partial charge < -0.3 is 5.73 Å². The Morgan fingerprint density at radius 1 is 1.90 bits per heavy atom. The minimum absolute atomic E-state index is 0.477. The summed E-state index contributed by atoms with van der Waals surface area (Å²) in [5, 5.41) is 0. The second kappa shape index (κ2) is 2.51. The molecule has 0 bridgehead atoms. The Kier molecular flexibility index (Phi) is 1.71. The van der Waals surface area contributed by atoms with Crippen LogP contribution < -0.4 is 5.73 Å². The summed E-state index contributed by atoms with van der Waals surface area (Å²) >= 11 is 0. The summed E-state index contributed by atoms with van der Waals surface area (Å²) < 4.78 is 1.33. The van der Waals surface area contributed by atoms with Crippen LogP contribution >= 0.6 is 0 Å². The third-order valence-corrected chi connectivity index (χ3v) is 1.31. The maximum atomic E-state index is 10.6. The summed E-state index contributed by atoms with van der Waals surface area (Å²) in [5.41, 5.74) is 5.86. The molecule has 0 unspecified atom stereocenters. The van der Waals surface area contributed by atoms with Crippen LogP contribution in [0.25, 0.3) is 0 Å². The summed E-state index contributed by atoms with van der Waals surface area (Å²) in [6.07, 6.45) is 3.81. The Balaban J connectivity index is 3.01. The highest BCUT2D eigenvalue weighted by molar-refractivity contribution is 5.75. The highest BCUT2D eigenvalue weighted by Gasteiger charge is 2.02. The van der Waals surface area contributed by atoms with Gasteiger partial charge in [0.25, 0.3) is 0 Å². The van der Waals surface area contributed by atoms with Crippen molar-refractivity contribution >= 4 is 6.03 Å². The molecule has 54 valence electrons. The van der Waals surface area contributed by atoms with Crippen molar-refractivity contribution in [2.45, 2.75) is 13.3 Å². The number of aromatic nitrogens is 2. The van der Waals surface area contributed by atoms with Crippen molar-refractivity contribution in [2.75, 3.05) is 0 Å². The molecule has 0 spiro atoms. The third kappa shape index (κ3) is 1.00. The number of carbonyl (C=O) groups excluding carboxylic acids is 1. The van der Waals surface area contributed by atoms with E-state index in [-0.39, 0.29) is 0 Å². The van der Waals surface area contributed by atoms with Crippen LogP contribution in [0.5, 0.6) is 0 Å². The average molecular weight is 139 g/mol. The van der Waals surface area contributed by atoms with E-state index in [4.69, 9.17) is 5.73 Å². The van der Waals surface area contributed by atoms with E-state index in [1.807, 2.05) is 6.92 Å². The lowest BCUT2D eigenvalue weighted by Crippen LogP contribution is -2.20. The summed E-state index contributed by atoms with van der Waals surface area (Å²) in [4.78, 5) is 14.4. The van der Waals surface area contributed by atoms with E-state index < -0.39 is 6.03 Å². The molecule has 0 aliphatic heterocycles. The van der Waals surface area contributed by atoms with E-state index in [1.165, 1.54) is 10.9 Å². The summed E-state index contributed by atoms with van der Waals surface area (Å²) in [6, 6.07) is -0.477. The van der Waals surface area contributed by atoms with Gasteiger partial charge in [0.05, 0.1) is 0 Å². The number of hydrogen-bond donors (Lipinski definition) is 1. The first-order valence-electron chi connectivity index (χ1n) is 3.06. The average Bonchev–Trinajstić information content (AvgIpc) is 2.33. The summed E-state index contributed by atoms with van der Waals surface area (Å²) in [6.45, 7) is 1.94. The molecule has 1 heterocycles. The van der Waals surface area contributed by atoms with Crippen molar-refractivity contribution in [1.29, 1.82) is 0 Å². The SMILES string of the molecule is CCc1cncn1C(N)=O. The molecule has 4 nitrogen and oxygen atoms in total. The lowest BCUT2D eigenvalue weighted by molar-refractivity contribution is 0.250. The van der Waals surface area contributed by atoms with E-state index in [2.05, 4.69) is 4.98 Å². The second-order valence-electron chi connectivity index (χ2n) is 1.95. The Bertz CT molecular complexity index is 241. The Morgan fingerprint density at radius 2 is 2.60 bits per heavy atom. The molecule has 0 aromatic carbocycles. The highest BCUT2D eigenvalue weighted by atomic mass is 16.2. The predicted molar refractivity (Wildman–Crippen MR) is 36.6 cm³/mol. The van der Waals surface area contributed by atoms with E-state index in [0.717, 1.165) is 12.1 Å². The molecule has 4 heteroatoms. The number of nitrogens with zero attached hydrogens (tertiary/aromatic N) is 2. The fourth-order valence-electron chi connectivity index (χ4n) is 0.782. The monoisotopic (exact) mass is 139 g/mol. The molecular formula is C6H9N3O. The first-order valence-corrected chi connectivity index (χ1v) is 3.06. The zero-order chi connectivity index (χ0) is 7.56. The molecule has 0 aliphatic carbocycles. The van der Waals surface area contributed by atoms with Gasteiger partial charge in [-0.2, -0.15) is 0 Å². The molecule has 10 heavy (non-hydrogen) atoms. The van der Waals surface area contributed by atoms with Gasteiger partial charge in [-0.05, 0) is 6.42 Å². The lowest BCUT2D eigenvalue weighted by Gasteiger charge is -1.97. The first kappa shape index (κ1) is 6.80. The van der Waals surface area contributed by atoms with Gasteiger partial charge in [0.2, 0.25) is 0 Å². The van der Waals surface area contributed by atoms with Gasteiger partial charge in [-0.1, -0.05) is 6.92 Å². The van der Waals surface area contributed by atoms with Crippen molar-refractivity contribution in [2.24, 2.45) is 5.73 Å². The predicted octanol–water partition coefficient (Wildman–Crippen LogP) is 0.372. The van der Waals surface area contributed by atoms with Gasteiger partial charge in [0, 0.05) is 11.9 Å². The number of hydrogen-bond acceptors (Lipinski definition) is 2. The van der Waals surface area contributed by atoms with Crippen molar-refractivity contribution < 1.29 is 4.79 Å². The van der Waals surface area contributed by atoms with E-state index in [9.17, 15) is 4.79 Å². The van der Waals surface area contributed by atoms with Crippen LogP contribution in [0.3, 0.4) is 0 Å². The maximum Gasteiger partial charge on any atom is 0.324 e. The molecule has 1 rings (SSSR count). The molecule has 0 aliphatic rings.